The smallest absolute Gasteiger partial charge is 0.343 e. The number of carbonyl (C=O) groups is 2. The van der Waals surface area contributed by atoms with Crippen molar-refractivity contribution in [1.29, 1.82) is 0 Å². The number of carbonyl (C=O) groups excluding carboxylic acids is 2. The summed E-state index contributed by atoms with van der Waals surface area (Å²) in [5, 5.41) is 4.69. The number of hydrazone groups is 1. The van der Waals surface area contributed by atoms with Crippen molar-refractivity contribution in [3.63, 3.8) is 0 Å². The van der Waals surface area contributed by atoms with E-state index in [1.54, 1.807) is 66.7 Å². The number of para-hydroxylation sites is 1. The average molecular weight is 529 g/mol. The Morgan fingerprint density at radius 2 is 1.63 bits per heavy atom. The van der Waals surface area contributed by atoms with Crippen LogP contribution in [0.25, 0.3) is 0 Å². The van der Waals surface area contributed by atoms with Crippen LogP contribution >= 0.6 is 11.6 Å². The molecule has 0 aliphatic heterocycles. The molecular formula is C30H25ClN2O5. The van der Waals surface area contributed by atoms with Crippen LogP contribution < -0.4 is 19.6 Å². The first-order chi connectivity index (χ1) is 18.4. The Morgan fingerprint density at radius 3 is 2.37 bits per heavy atom. The standard InChI is InChI=1S/C30H25ClN2O5/c1-20-7-12-23(13-8-20)30(35)38-27-16-11-22(17-28(27)36-2)18-32-33-29(34)25-5-3-4-6-26(25)37-19-21-9-14-24(31)15-10-21/h3-18H,19H2,1-2H3,(H,33,34). The molecule has 7 nitrogen and oxygen atoms in total. The summed E-state index contributed by atoms with van der Waals surface area (Å²) in [6.45, 7) is 2.22. The third-order valence-electron chi connectivity index (χ3n) is 5.50. The van der Waals surface area contributed by atoms with Gasteiger partial charge in [0.25, 0.3) is 5.91 Å². The highest BCUT2D eigenvalue weighted by atomic mass is 35.5. The molecule has 0 saturated heterocycles. The number of hydrogen-bond donors (Lipinski definition) is 1. The van der Waals surface area contributed by atoms with Gasteiger partial charge in [0.05, 0.1) is 24.5 Å². The van der Waals surface area contributed by atoms with Crippen molar-refractivity contribution in [2.45, 2.75) is 13.5 Å². The van der Waals surface area contributed by atoms with Crippen LogP contribution in [0.4, 0.5) is 0 Å². The van der Waals surface area contributed by atoms with Gasteiger partial charge in [0, 0.05) is 5.02 Å². The van der Waals surface area contributed by atoms with Crippen molar-refractivity contribution in [3.05, 3.63) is 124 Å². The van der Waals surface area contributed by atoms with Gasteiger partial charge in [-0.15, -0.1) is 0 Å². The number of ether oxygens (including phenoxy) is 3. The van der Waals surface area contributed by atoms with Gasteiger partial charge in [-0.1, -0.05) is 53.6 Å². The minimum atomic E-state index is -0.492. The lowest BCUT2D eigenvalue weighted by Gasteiger charge is -2.11. The number of amides is 1. The molecule has 0 unspecified atom stereocenters. The Kier molecular flexibility index (Phi) is 8.74. The highest BCUT2D eigenvalue weighted by Gasteiger charge is 2.14. The predicted octanol–water partition coefficient (Wildman–Crippen LogP) is 6.22. The molecule has 0 atom stereocenters. The fraction of sp³-hybridized carbons (Fsp3) is 0.100. The maximum absolute atomic E-state index is 12.8. The molecule has 0 bridgehead atoms. The third kappa shape index (κ3) is 6.99. The second-order valence-corrected chi connectivity index (χ2v) is 8.71. The van der Waals surface area contributed by atoms with Gasteiger partial charge in [-0.25, -0.2) is 10.2 Å². The molecule has 0 aliphatic carbocycles. The molecule has 192 valence electrons. The molecule has 4 aromatic rings. The van der Waals surface area contributed by atoms with Crippen molar-refractivity contribution < 1.29 is 23.8 Å². The highest BCUT2D eigenvalue weighted by Crippen LogP contribution is 2.28. The number of aryl methyl sites for hydroxylation is 1. The molecule has 4 rings (SSSR count). The van der Waals surface area contributed by atoms with Crippen LogP contribution in [0.2, 0.25) is 5.02 Å². The van der Waals surface area contributed by atoms with E-state index in [1.807, 2.05) is 31.2 Å². The molecule has 1 amide bonds. The third-order valence-corrected chi connectivity index (χ3v) is 5.75. The quantitative estimate of drug-likeness (QED) is 0.121. The van der Waals surface area contributed by atoms with Gasteiger partial charge < -0.3 is 14.2 Å². The van der Waals surface area contributed by atoms with Crippen LogP contribution in [-0.2, 0) is 6.61 Å². The van der Waals surface area contributed by atoms with Crippen LogP contribution in [-0.4, -0.2) is 25.2 Å². The normalized spacial score (nSPS) is 10.7. The van der Waals surface area contributed by atoms with Gasteiger partial charge >= 0.3 is 5.97 Å². The molecule has 0 heterocycles. The fourth-order valence-corrected chi connectivity index (χ4v) is 3.57. The van der Waals surface area contributed by atoms with Crippen LogP contribution in [0.1, 0.15) is 37.4 Å². The zero-order chi connectivity index (χ0) is 26.9. The lowest BCUT2D eigenvalue weighted by atomic mass is 10.1. The number of nitrogens with one attached hydrogen (secondary N) is 1. The maximum Gasteiger partial charge on any atom is 0.343 e. The topological polar surface area (TPSA) is 86.2 Å². The number of rotatable bonds is 9. The average Bonchev–Trinajstić information content (AvgIpc) is 2.94. The zero-order valence-corrected chi connectivity index (χ0v) is 21.6. The molecular weight excluding hydrogens is 504 g/mol. The highest BCUT2D eigenvalue weighted by molar-refractivity contribution is 6.30. The molecule has 0 aromatic heterocycles. The van der Waals surface area contributed by atoms with Crippen molar-refractivity contribution in [1.82, 2.24) is 5.43 Å². The lowest BCUT2D eigenvalue weighted by molar-refractivity contribution is 0.0729. The Bertz CT molecular complexity index is 1450. The number of nitrogens with zero attached hydrogens (tertiary/aromatic N) is 1. The van der Waals surface area contributed by atoms with E-state index in [-0.39, 0.29) is 12.4 Å². The SMILES string of the molecule is COc1cc(C=NNC(=O)c2ccccc2OCc2ccc(Cl)cc2)ccc1OC(=O)c1ccc(C)cc1. The van der Waals surface area contributed by atoms with Gasteiger partial charge in [0.1, 0.15) is 12.4 Å². The van der Waals surface area contributed by atoms with Crippen molar-refractivity contribution >= 4 is 29.7 Å². The summed E-state index contributed by atoms with van der Waals surface area (Å²) in [7, 11) is 1.47. The van der Waals surface area contributed by atoms with Gasteiger partial charge in [0.15, 0.2) is 11.5 Å². The van der Waals surface area contributed by atoms with Crippen molar-refractivity contribution in [3.8, 4) is 17.2 Å². The molecule has 0 radical (unpaired) electrons. The minimum Gasteiger partial charge on any atom is -0.493 e. The first-order valence-electron chi connectivity index (χ1n) is 11.7. The summed E-state index contributed by atoms with van der Waals surface area (Å²) in [6.07, 6.45) is 1.46. The molecule has 0 aliphatic rings. The summed E-state index contributed by atoms with van der Waals surface area (Å²) in [5.74, 6) is 0.127. The monoisotopic (exact) mass is 528 g/mol. The predicted molar refractivity (Wildman–Crippen MR) is 146 cm³/mol. The Morgan fingerprint density at radius 1 is 0.895 bits per heavy atom. The maximum atomic E-state index is 12.8. The van der Waals surface area contributed by atoms with E-state index < -0.39 is 11.9 Å². The largest absolute Gasteiger partial charge is 0.493 e. The summed E-state index contributed by atoms with van der Waals surface area (Å²) in [4.78, 5) is 25.2. The molecule has 0 fully saturated rings. The van der Waals surface area contributed by atoms with Crippen LogP contribution in [0.5, 0.6) is 17.2 Å². The summed E-state index contributed by atoms with van der Waals surface area (Å²) >= 11 is 5.93. The first-order valence-corrected chi connectivity index (χ1v) is 12.1. The molecule has 38 heavy (non-hydrogen) atoms. The summed E-state index contributed by atoms with van der Waals surface area (Å²) in [6, 6.07) is 26.2. The molecule has 8 heteroatoms. The fourth-order valence-electron chi connectivity index (χ4n) is 3.44. The van der Waals surface area contributed by atoms with Gasteiger partial charge in [0.2, 0.25) is 0 Å². The van der Waals surface area contributed by atoms with E-state index in [4.69, 9.17) is 25.8 Å². The van der Waals surface area contributed by atoms with Crippen molar-refractivity contribution in [2.75, 3.05) is 7.11 Å². The lowest BCUT2D eigenvalue weighted by Crippen LogP contribution is -2.18. The summed E-state index contributed by atoms with van der Waals surface area (Å²) < 4.78 is 16.7. The van der Waals surface area contributed by atoms with E-state index in [2.05, 4.69) is 10.5 Å². The van der Waals surface area contributed by atoms with Crippen LogP contribution in [0.3, 0.4) is 0 Å². The second-order valence-electron chi connectivity index (χ2n) is 8.28. The number of esters is 1. The van der Waals surface area contributed by atoms with Crippen LogP contribution in [0.15, 0.2) is 96.1 Å². The van der Waals surface area contributed by atoms with Gasteiger partial charge in [-0.05, 0) is 72.6 Å². The summed E-state index contributed by atoms with van der Waals surface area (Å²) in [5.41, 5.74) is 5.88. The number of methoxy groups -OCH3 is 1. The van der Waals surface area contributed by atoms with E-state index in [0.29, 0.717) is 33.2 Å². The van der Waals surface area contributed by atoms with E-state index >= 15 is 0 Å². The minimum absolute atomic E-state index is 0.269. The Hall–Kier alpha value is -4.62. The van der Waals surface area contributed by atoms with Gasteiger partial charge in [-0.2, -0.15) is 5.10 Å². The number of benzene rings is 4. The van der Waals surface area contributed by atoms with Crippen LogP contribution in [0, 0.1) is 6.92 Å². The Labute approximate surface area is 225 Å². The first kappa shape index (κ1) is 26.4. The molecule has 0 saturated carbocycles. The van der Waals surface area contributed by atoms with Gasteiger partial charge in [-0.3, -0.25) is 4.79 Å². The van der Waals surface area contributed by atoms with E-state index in [1.165, 1.54) is 13.3 Å². The molecule has 0 spiro atoms. The number of halogens is 1. The van der Waals surface area contributed by atoms with E-state index in [9.17, 15) is 9.59 Å². The Balaban J connectivity index is 1.39. The molecule has 4 aromatic carbocycles. The zero-order valence-electron chi connectivity index (χ0n) is 20.8. The van der Waals surface area contributed by atoms with E-state index in [0.717, 1.165) is 11.1 Å². The second kappa shape index (κ2) is 12.6. The number of hydrogen-bond acceptors (Lipinski definition) is 6. The van der Waals surface area contributed by atoms with Crippen molar-refractivity contribution in [2.24, 2.45) is 5.10 Å². The molecule has 1 N–H and O–H groups in total.